The zero-order valence-corrected chi connectivity index (χ0v) is 13.0. The van der Waals surface area contributed by atoms with Crippen LogP contribution >= 0.6 is 0 Å². The van der Waals surface area contributed by atoms with Gasteiger partial charge in [-0.3, -0.25) is 4.79 Å². The Morgan fingerprint density at radius 2 is 1.77 bits per heavy atom. The van der Waals surface area contributed by atoms with E-state index in [1.54, 1.807) is 0 Å². The molecule has 1 amide bonds. The molecule has 1 atom stereocenters. The zero-order valence-electron chi connectivity index (χ0n) is 13.0. The first-order chi connectivity index (χ1) is 10.7. The molecule has 114 valence electrons. The van der Waals surface area contributed by atoms with E-state index >= 15 is 0 Å². The van der Waals surface area contributed by atoms with E-state index in [1.165, 1.54) is 24.9 Å². The largest absolute Gasteiger partial charge is 0.369 e. The molecule has 0 unspecified atom stereocenters. The molecule has 1 aliphatic rings. The van der Waals surface area contributed by atoms with E-state index in [0.717, 1.165) is 12.2 Å². The minimum absolute atomic E-state index is 0.0697. The molecule has 0 aliphatic carbocycles. The molecule has 2 aromatic carbocycles. The lowest BCUT2D eigenvalue weighted by Crippen LogP contribution is -2.37. The highest BCUT2D eigenvalue weighted by molar-refractivity contribution is 6.04. The number of nitrogens with zero attached hydrogens (tertiary/aromatic N) is 1. The van der Waals surface area contributed by atoms with Crippen molar-refractivity contribution in [3.05, 3.63) is 60.2 Å². The normalized spacial score (nSPS) is 18.0. The number of amides is 1. The smallest absolute Gasteiger partial charge is 0.255 e. The molecule has 22 heavy (non-hydrogen) atoms. The van der Waals surface area contributed by atoms with Gasteiger partial charge in [-0.1, -0.05) is 18.2 Å². The van der Waals surface area contributed by atoms with Crippen LogP contribution in [0.1, 0.15) is 36.5 Å². The van der Waals surface area contributed by atoms with Gasteiger partial charge >= 0.3 is 0 Å². The zero-order chi connectivity index (χ0) is 15.4. The van der Waals surface area contributed by atoms with E-state index < -0.39 is 0 Å². The van der Waals surface area contributed by atoms with Gasteiger partial charge in [0.1, 0.15) is 0 Å². The first-order valence-electron chi connectivity index (χ1n) is 7.97. The van der Waals surface area contributed by atoms with Gasteiger partial charge in [0, 0.05) is 29.5 Å². The Hall–Kier alpha value is -2.29. The minimum atomic E-state index is -0.0697. The number of piperidine rings is 1. The third kappa shape index (κ3) is 3.30. The van der Waals surface area contributed by atoms with Gasteiger partial charge < -0.3 is 10.2 Å². The third-order valence-corrected chi connectivity index (χ3v) is 4.30. The maximum atomic E-state index is 12.1. The number of anilines is 2. The SMILES string of the molecule is C[C@@H]1CCCCN1c1ccc(NC(=O)c2ccccc2)cc1. The third-order valence-electron chi connectivity index (χ3n) is 4.30. The summed E-state index contributed by atoms with van der Waals surface area (Å²) < 4.78 is 0. The van der Waals surface area contributed by atoms with Crippen LogP contribution in [0.2, 0.25) is 0 Å². The van der Waals surface area contributed by atoms with Crippen molar-refractivity contribution in [2.24, 2.45) is 0 Å². The Kier molecular flexibility index (Phi) is 4.42. The lowest BCUT2D eigenvalue weighted by atomic mass is 10.0. The van der Waals surface area contributed by atoms with Gasteiger partial charge in [0.15, 0.2) is 0 Å². The number of hydrogen-bond acceptors (Lipinski definition) is 2. The predicted molar refractivity (Wildman–Crippen MR) is 91.5 cm³/mol. The highest BCUT2D eigenvalue weighted by Crippen LogP contribution is 2.25. The van der Waals surface area contributed by atoms with Crippen LogP contribution < -0.4 is 10.2 Å². The van der Waals surface area contributed by atoms with Gasteiger partial charge in [0.25, 0.3) is 5.91 Å². The number of carbonyl (C=O) groups excluding carboxylic acids is 1. The Balaban J connectivity index is 1.68. The standard InChI is InChI=1S/C19H22N2O/c1-15-7-5-6-14-21(15)18-12-10-17(11-13-18)20-19(22)16-8-3-2-4-9-16/h2-4,8-13,15H,5-7,14H2,1H3,(H,20,22)/t15-/m1/s1. The monoisotopic (exact) mass is 294 g/mol. The molecule has 1 heterocycles. The van der Waals surface area contributed by atoms with Crippen LogP contribution in [0, 0.1) is 0 Å². The summed E-state index contributed by atoms with van der Waals surface area (Å²) in [4.78, 5) is 14.6. The Bertz CT molecular complexity index is 622. The van der Waals surface area contributed by atoms with Crippen LogP contribution in [0.15, 0.2) is 54.6 Å². The number of hydrogen-bond donors (Lipinski definition) is 1. The molecule has 0 saturated carbocycles. The fourth-order valence-electron chi connectivity index (χ4n) is 3.01. The maximum Gasteiger partial charge on any atom is 0.255 e. The van der Waals surface area contributed by atoms with Crippen LogP contribution in [0.4, 0.5) is 11.4 Å². The van der Waals surface area contributed by atoms with Gasteiger partial charge in [0.2, 0.25) is 0 Å². The quantitative estimate of drug-likeness (QED) is 0.914. The summed E-state index contributed by atoms with van der Waals surface area (Å²) in [5.41, 5.74) is 2.75. The summed E-state index contributed by atoms with van der Waals surface area (Å²) in [6.07, 6.45) is 3.84. The maximum absolute atomic E-state index is 12.1. The van der Waals surface area contributed by atoms with E-state index in [1.807, 2.05) is 42.5 Å². The Morgan fingerprint density at radius 3 is 2.45 bits per heavy atom. The van der Waals surface area contributed by atoms with E-state index in [-0.39, 0.29) is 5.91 Å². The van der Waals surface area contributed by atoms with E-state index in [4.69, 9.17) is 0 Å². The summed E-state index contributed by atoms with van der Waals surface area (Å²) in [6, 6.07) is 18.0. The summed E-state index contributed by atoms with van der Waals surface area (Å²) in [5.74, 6) is -0.0697. The lowest BCUT2D eigenvalue weighted by molar-refractivity contribution is 0.102. The second kappa shape index (κ2) is 6.65. The van der Waals surface area contributed by atoms with Crippen LogP contribution in [-0.2, 0) is 0 Å². The van der Waals surface area contributed by atoms with Crippen molar-refractivity contribution in [2.75, 3.05) is 16.8 Å². The summed E-state index contributed by atoms with van der Waals surface area (Å²) >= 11 is 0. The molecule has 1 fully saturated rings. The first-order valence-corrected chi connectivity index (χ1v) is 7.97. The summed E-state index contributed by atoms with van der Waals surface area (Å²) in [7, 11) is 0. The molecule has 3 nitrogen and oxygen atoms in total. The number of nitrogens with one attached hydrogen (secondary N) is 1. The van der Waals surface area contributed by atoms with Crippen LogP contribution in [0.5, 0.6) is 0 Å². The molecule has 1 aliphatic heterocycles. The average molecular weight is 294 g/mol. The fraction of sp³-hybridized carbons (Fsp3) is 0.316. The van der Waals surface area contributed by atoms with Crippen molar-refractivity contribution in [1.29, 1.82) is 0 Å². The van der Waals surface area contributed by atoms with Gasteiger partial charge in [-0.2, -0.15) is 0 Å². The van der Waals surface area contributed by atoms with Crippen molar-refractivity contribution < 1.29 is 4.79 Å². The molecule has 1 N–H and O–H groups in total. The van der Waals surface area contributed by atoms with Crippen molar-refractivity contribution >= 4 is 17.3 Å². The van der Waals surface area contributed by atoms with E-state index in [0.29, 0.717) is 11.6 Å². The highest BCUT2D eigenvalue weighted by atomic mass is 16.1. The second-order valence-electron chi connectivity index (χ2n) is 5.91. The summed E-state index contributed by atoms with van der Waals surface area (Å²) in [5, 5.41) is 2.94. The number of benzene rings is 2. The Morgan fingerprint density at radius 1 is 1.05 bits per heavy atom. The molecule has 3 heteroatoms. The molecular formula is C19H22N2O. The van der Waals surface area contributed by atoms with Gasteiger partial charge in [-0.05, 0) is 62.6 Å². The molecule has 0 spiro atoms. The number of rotatable bonds is 3. The predicted octanol–water partition coefficient (Wildman–Crippen LogP) is 4.32. The van der Waals surface area contributed by atoms with Crippen LogP contribution in [0.25, 0.3) is 0 Å². The van der Waals surface area contributed by atoms with Gasteiger partial charge in [-0.15, -0.1) is 0 Å². The second-order valence-corrected chi connectivity index (χ2v) is 5.91. The lowest BCUT2D eigenvalue weighted by Gasteiger charge is -2.35. The molecule has 0 bridgehead atoms. The molecule has 0 aromatic heterocycles. The van der Waals surface area contributed by atoms with Crippen LogP contribution in [0.3, 0.4) is 0 Å². The molecule has 3 rings (SSSR count). The summed E-state index contributed by atoms with van der Waals surface area (Å²) in [6.45, 7) is 3.40. The van der Waals surface area contributed by atoms with Crippen molar-refractivity contribution in [2.45, 2.75) is 32.2 Å². The number of carbonyl (C=O) groups is 1. The molecular weight excluding hydrogens is 272 g/mol. The van der Waals surface area contributed by atoms with E-state index in [2.05, 4.69) is 29.3 Å². The molecule has 2 aromatic rings. The Labute approximate surface area is 132 Å². The van der Waals surface area contributed by atoms with Gasteiger partial charge in [-0.25, -0.2) is 0 Å². The highest BCUT2D eigenvalue weighted by Gasteiger charge is 2.18. The van der Waals surface area contributed by atoms with Crippen molar-refractivity contribution in [3.8, 4) is 0 Å². The average Bonchev–Trinajstić information content (AvgIpc) is 2.57. The fourth-order valence-corrected chi connectivity index (χ4v) is 3.01. The van der Waals surface area contributed by atoms with Crippen molar-refractivity contribution in [1.82, 2.24) is 0 Å². The topological polar surface area (TPSA) is 32.3 Å². The molecule has 0 radical (unpaired) electrons. The van der Waals surface area contributed by atoms with Gasteiger partial charge in [0.05, 0.1) is 0 Å². The van der Waals surface area contributed by atoms with E-state index in [9.17, 15) is 4.79 Å². The van der Waals surface area contributed by atoms with Crippen LogP contribution in [-0.4, -0.2) is 18.5 Å². The molecule has 1 saturated heterocycles. The van der Waals surface area contributed by atoms with Crippen molar-refractivity contribution in [3.63, 3.8) is 0 Å². The minimum Gasteiger partial charge on any atom is -0.369 e. The first kappa shape index (κ1) is 14.6.